The molecule has 102 valence electrons. The van der Waals surface area contributed by atoms with Crippen LogP contribution in [-0.4, -0.2) is 15.4 Å². The Morgan fingerprint density at radius 3 is 2.70 bits per heavy atom. The van der Waals surface area contributed by atoms with Crippen molar-refractivity contribution in [2.24, 2.45) is 0 Å². The Bertz CT molecular complexity index is 762. The number of fused-ring (bicyclic) bond motifs is 1. The molecule has 0 aliphatic heterocycles. The molecule has 0 atom stereocenters. The number of hydrogen-bond acceptors (Lipinski definition) is 1. The zero-order valence-electron chi connectivity index (χ0n) is 11.1. The summed E-state index contributed by atoms with van der Waals surface area (Å²) in [6.07, 6.45) is 0.724. The predicted molar refractivity (Wildman–Crippen MR) is 85.2 cm³/mol. The first kappa shape index (κ1) is 13.5. The van der Waals surface area contributed by atoms with Gasteiger partial charge in [-0.05, 0) is 36.8 Å². The quantitative estimate of drug-likeness (QED) is 0.637. The molecule has 0 saturated heterocycles. The predicted octanol–water partition coefficient (Wildman–Crippen LogP) is 4.77. The number of alkyl halides is 1. The van der Waals surface area contributed by atoms with Crippen molar-refractivity contribution >= 4 is 34.2 Å². The fourth-order valence-electron chi connectivity index (χ4n) is 2.44. The zero-order chi connectivity index (χ0) is 14.1. The average molecular weight is 305 g/mol. The number of nitrogens with zero attached hydrogens (tertiary/aromatic N) is 2. The van der Waals surface area contributed by atoms with Gasteiger partial charge in [0.05, 0.1) is 11.0 Å². The average Bonchev–Trinajstić information content (AvgIpc) is 2.79. The molecule has 3 rings (SSSR count). The number of aromatic nitrogens is 2. The summed E-state index contributed by atoms with van der Waals surface area (Å²) in [7, 11) is 0. The van der Waals surface area contributed by atoms with Crippen molar-refractivity contribution in [3.05, 3.63) is 58.9 Å². The topological polar surface area (TPSA) is 17.8 Å². The summed E-state index contributed by atoms with van der Waals surface area (Å²) >= 11 is 12.0. The summed E-state index contributed by atoms with van der Waals surface area (Å²) in [5, 5.41) is 0.717. The third-order valence-electron chi connectivity index (χ3n) is 3.34. The summed E-state index contributed by atoms with van der Waals surface area (Å²) < 4.78 is 2.14. The molecule has 4 heteroatoms. The van der Waals surface area contributed by atoms with Crippen molar-refractivity contribution in [2.75, 3.05) is 5.88 Å². The Morgan fingerprint density at radius 2 is 1.95 bits per heavy atom. The lowest BCUT2D eigenvalue weighted by molar-refractivity contribution is 0.912. The van der Waals surface area contributed by atoms with E-state index in [2.05, 4.69) is 23.6 Å². The lowest BCUT2D eigenvalue weighted by Crippen LogP contribution is -2.02. The minimum absolute atomic E-state index is 0.545. The molecule has 0 aliphatic rings. The van der Waals surface area contributed by atoms with Crippen molar-refractivity contribution < 1.29 is 0 Å². The summed E-state index contributed by atoms with van der Waals surface area (Å²) in [6, 6.07) is 14.0. The molecule has 20 heavy (non-hydrogen) atoms. The van der Waals surface area contributed by atoms with Crippen LogP contribution in [0.3, 0.4) is 0 Å². The molecular formula is C16H14Cl2N2. The number of rotatable bonds is 3. The van der Waals surface area contributed by atoms with Gasteiger partial charge in [-0.25, -0.2) is 4.98 Å². The van der Waals surface area contributed by atoms with Gasteiger partial charge in [0.25, 0.3) is 0 Å². The van der Waals surface area contributed by atoms with Crippen LogP contribution < -0.4 is 0 Å². The number of hydrogen-bond donors (Lipinski definition) is 0. The van der Waals surface area contributed by atoms with Crippen LogP contribution in [0.2, 0.25) is 5.02 Å². The normalized spacial score (nSPS) is 11.2. The molecule has 0 aliphatic carbocycles. The Labute approximate surface area is 128 Å². The van der Waals surface area contributed by atoms with Gasteiger partial charge in [-0.1, -0.05) is 29.8 Å². The molecule has 1 aromatic heterocycles. The second kappa shape index (κ2) is 5.47. The van der Waals surface area contributed by atoms with Gasteiger partial charge >= 0.3 is 0 Å². The molecule has 0 spiro atoms. The van der Waals surface area contributed by atoms with Crippen LogP contribution in [-0.2, 0) is 6.42 Å². The van der Waals surface area contributed by atoms with E-state index in [0.29, 0.717) is 10.9 Å². The van der Waals surface area contributed by atoms with Crippen LogP contribution in [0, 0.1) is 6.92 Å². The van der Waals surface area contributed by atoms with E-state index in [1.54, 1.807) is 0 Å². The molecule has 0 saturated carbocycles. The first-order valence-corrected chi connectivity index (χ1v) is 7.41. The van der Waals surface area contributed by atoms with Gasteiger partial charge in [0.2, 0.25) is 0 Å². The highest BCUT2D eigenvalue weighted by Crippen LogP contribution is 2.25. The standard InChI is InChI=1S/C16H14Cl2N2/c1-11-4-2-7-14-16(11)19-15(8-9-17)20(14)13-6-3-5-12(18)10-13/h2-7,10H,8-9H2,1H3. The van der Waals surface area contributed by atoms with Gasteiger partial charge in [-0.15, -0.1) is 11.6 Å². The first-order valence-electron chi connectivity index (χ1n) is 6.49. The molecule has 0 amide bonds. The minimum atomic E-state index is 0.545. The highest BCUT2D eigenvalue weighted by Gasteiger charge is 2.13. The van der Waals surface area contributed by atoms with Crippen molar-refractivity contribution in [3.8, 4) is 5.69 Å². The van der Waals surface area contributed by atoms with Gasteiger partial charge in [0.1, 0.15) is 5.82 Å². The maximum absolute atomic E-state index is 6.11. The monoisotopic (exact) mass is 304 g/mol. The van der Waals surface area contributed by atoms with E-state index in [1.165, 1.54) is 5.56 Å². The first-order chi connectivity index (χ1) is 9.70. The molecule has 0 fully saturated rings. The van der Waals surface area contributed by atoms with E-state index in [9.17, 15) is 0 Å². The summed E-state index contributed by atoms with van der Waals surface area (Å²) in [6.45, 7) is 2.07. The lowest BCUT2D eigenvalue weighted by atomic mass is 10.2. The second-order valence-electron chi connectivity index (χ2n) is 4.72. The van der Waals surface area contributed by atoms with Crippen LogP contribution in [0.5, 0.6) is 0 Å². The summed E-state index contributed by atoms with van der Waals surface area (Å²) in [4.78, 5) is 4.74. The van der Waals surface area contributed by atoms with E-state index in [0.717, 1.165) is 29.0 Å². The third-order valence-corrected chi connectivity index (χ3v) is 3.76. The van der Waals surface area contributed by atoms with Gasteiger partial charge in [-0.2, -0.15) is 0 Å². The smallest absolute Gasteiger partial charge is 0.115 e. The minimum Gasteiger partial charge on any atom is -0.296 e. The van der Waals surface area contributed by atoms with E-state index in [-0.39, 0.29) is 0 Å². The molecular weight excluding hydrogens is 291 g/mol. The largest absolute Gasteiger partial charge is 0.296 e. The SMILES string of the molecule is Cc1cccc2c1nc(CCCl)n2-c1cccc(Cl)c1. The maximum atomic E-state index is 6.11. The number of aryl methyl sites for hydroxylation is 2. The van der Waals surface area contributed by atoms with Crippen LogP contribution in [0.1, 0.15) is 11.4 Å². The van der Waals surface area contributed by atoms with Gasteiger partial charge in [0, 0.05) is 23.0 Å². The van der Waals surface area contributed by atoms with E-state index >= 15 is 0 Å². The highest BCUT2D eigenvalue weighted by atomic mass is 35.5. The van der Waals surface area contributed by atoms with Crippen LogP contribution in [0.4, 0.5) is 0 Å². The Kier molecular flexibility index (Phi) is 3.68. The van der Waals surface area contributed by atoms with Crippen LogP contribution >= 0.6 is 23.2 Å². The zero-order valence-corrected chi connectivity index (χ0v) is 12.6. The molecule has 0 N–H and O–H groups in total. The van der Waals surface area contributed by atoms with Gasteiger partial charge < -0.3 is 0 Å². The van der Waals surface area contributed by atoms with Crippen molar-refractivity contribution in [3.63, 3.8) is 0 Å². The third kappa shape index (κ3) is 2.30. The number of halogens is 2. The Hall–Kier alpha value is -1.51. The fraction of sp³-hybridized carbons (Fsp3) is 0.188. The number of benzene rings is 2. The van der Waals surface area contributed by atoms with Crippen molar-refractivity contribution in [1.82, 2.24) is 9.55 Å². The fourth-order valence-corrected chi connectivity index (χ4v) is 2.80. The van der Waals surface area contributed by atoms with Crippen molar-refractivity contribution in [1.29, 1.82) is 0 Å². The van der Waals surface area contributed by atoms with Crippen molar-refractivity contribution in [2.45, 2.75) is 13.3 Å². The van der Waals surface area contributed by atoms with E-state index in [4.69, 9.17) is 28.2 Å². The van der Waals surface area contributed by atoms with Gasteiger partial charge in [0.15, 0.2) is 0 Å². The van der Waals surface area contributed by atoms with E-state index < -0.39 is 0 Å². The number of para-hydroxylation sites is 1. The molecule has 0 bridgehead atoms. The molecule has 3 aromatic rings. The molecule has 0 radical (unpaired) electrons. The summed E-state index contributed by atoms with van der Waals surface area (Å²) in [5.41, 5.74) is 4.30. The maximum Gasteiger partial charge on any atom is 0.115 e. The molecule has 1 heterocycles. The molecule has 2 aromatic carbocycles. The van der Waals surface area contributed by atoms with Crippen LogP contribution in [0.25, 0.3) is 16.7 Å². The van der Waals surface area contributed by atoms with Crippen LogP contribution in [0.15, 0.2) is 42.5 Å². The summed E-state index contributed by atoms with van der Waals surface area (Å²) in [5.74, 6) is 1.51. The van der Waals surface area contributed by atoms with Gasteiger partial charge in [-0.3, -0.25) is 4.57 Å². The Morgan fingerprint density at radius 1 is 1.15 bits per heavy atom. The Balaban J connectivity index is 2.32. The molecule has 2 nitrogen and oxygen atoms in total. The number of imidazole rings is 1. The highest BCUT2D eigenvalue weighted by molar-refractivity contribution is 6.30. The second-order valence-corrected chi connectivity index (χ2v) is 5.54. The lowest BCUT2D eigenvalue weighted by Gasteiger charge is -2.09. The molecule has 0 unspecified atom stereocenters. The van der Waals surface area contributed by atoms with E-state index in [1.807, 2.05) is 30.3 Å².